The number of aromatic nitrogens is 2. The van der Waals surface area contributed by atoms with Crippen molar-refractivity contribution in [3.63, 3.8) is 0 Å². The molecule has 2 aliphatic rings. The number of anilines is 1. The Morgan fingerprint density at radius 1 is 1.39 bits per heavy atom. The molecule has 96 valence electrons. The van der Waals surface area contributed by atoms with Gasteiger partial charge in [-0.2, -0.15) is 0 Å². The van der Waals surface area contributed by atoms with E-state index >= 15 is 0 Å². The van der Waals surface area contributed by atoms with Crippen LogP contribution in [0.3, 0.4) is 0 Å². The van der Waals surface area contributed by atoms with E-state index in [4.69, 9.17) is 10.9 Å². The smallest absolute Gasteiger partial charge is 0.225 e. The predicted molar refractivity (Wildman–Crippen MR) is 67.6 cm³/mol. The molecule has 0 radical (unpaired) electrons. The predicted octanol–water partition coefficient (Wildman–Crippen LogP) is 0.807. The van der Waals surface area contributed by atoms with Crippen LogP contribution in [0, 0.1) is 11.8 Å². The van der Waals surface area contributed by atoms with E-state index in [2.05, 4.69) is 20.0 Å². The van der Waals surface area contributed by atoms with Gasteiger partial charge in [0, 0.05) is 19.3 Å². The molecule has 0 bridgehead atoms. The molecule has 1 aromatic rings. The maximum absolute atomic E-state index is 8.66. The van der Waals surface area contributed by atoms with Crippen LogP contribution in [0.25, 0.3) is 0 Å². The second-order valence-corrected chi connectivity index (χ2v) is 5.08. The zero-order chi connectivity index (χ0) is 12.5. The zero-order valence-electron chi connectivity index (χ0n) is 10.2. The Kier molecular flexibility index (Phi) is 2.77. The average molecular weight is 247 g/mol. The van der Waals surface area contributed by atoms with Crippen LogP contribution in [0.2, 0.25) is 0 Å². The van der Waals surface area contributed by atoms with Gasteiger partial charge in [0.2, 0.25) is 5.95 Å². The first-order valence-electron chi connectivity index (χ1n) is 6.34. The molecule has 1 aliphatic carbocycles. The lowest BCUT2D eigenvalue weighted by molar-refractivity contribution is 0.318. The van der Waals surface area contributed by atoms with Gasteiger partial charge in [-0.1, -0.05) is 11.6 Å². The van der Waals surface area contributed by atoms with Crippen molar-refractivity contribution in [3.05, 3.63) is 18.0 Å². The Hall–Kier alpha value is -1.85. The summed E-state index contributed by atoms with van der Waals surface area (Å²) in [4.78, 5) is 10.9. The second-order valence-electron chi connectivity index (χ2n) is 5.08. The number of hydrogen-bond acceptors (Lipinski definition) is 5. The molecule has 18 heavy (non-hydrogen) atoms. The average Bonchev–Trinajstić information content (AvgIpc) is 2.98. The van der Waals surface area contributed by atoms with Crippen LogP contribution < -0.4 is 10.6 Å². The molecule has 2 unspecified atom stereocenters. The number of hydrogen-bond donors (Lipinski definition) is 2. The third-order valence-corrected chi connectivity index (χ3v) is 4.02. The molecule has 1 aromatic heterocycles. The summed E-state index contributed by atoms with van der Waals surface area (Å²) in [5.41, 5.74) is 6.02. The van der Waals surface area contributed by atoms with Gasteiger partial charge in [-0.3, -0.25) is 0 Å². The lowest BCUT2D eigenvalue weighted by Crippen LogP contribution is -2.25. The number of fused-ring (bicyclic) bond motifs is 1. The minimum absolute atomic E-state index is 0.0260. The van der Waals surface area contributed by atoms with Gasteiger partial charge in [0.25, 0.3) is 0 Å². The van der Waals surface area contributed by atoms with E-state index < -0.39 is 0 Å². The van der Waals surface area contributed by atoms with Gasteiger partial charge in [0.1, 0.15) is 5.69 Å². The molecule has 0 aromatic carbocycles. The van der Waals surface area contributed by atoms with E-state index in [1.165, 1.54) is 19.3 Å². The van der Waals surface area contributed by atoms with Gasteiger partial charge >= 0.3 is 0 Å². The Morgan fingerprint density at radius 3 is 2.78 bits per heavy atom. The molecule has 0 spiro atoms. The van der Waals surface area contributed by atoms with E-state index in [-0.39, 0.29) is 5.84 Å². The molecule has 1 saturated carbocycles. The number of nitrogens with two attached hydrogens (primary N) is 1. The summed E-state index contributed by atoms with van der Waals surface area (Å²) in [6, 6.07) is 1.65. The summed E-state index contributed by atoms with van der Waals surface area (Å²) in [5.74, 6) is 2.30. The first kappa shape index (κ1) is 11.3. The van der Waals surface area contributed by atoms with Crippen LogP contribution >= 0.6 is 0 Å². The molecule has 0 amide bonds. The summed E-state index contributed by atoms with van der Waals surface area (Å²) in [5, 5.41) is 11.6. The Morgan fingerprint density at radius 2 is 2.11 bits per heavy atom. The monoisotopic (exact) mass is 247 g/mol. The van der Waals surface area contributed by atoms with Crippen LogP contribution in [0.4, 0.5) is 5.95 Å². The van der Waals surface area contributed by atoms with Crippen molar-refractivity contribution < 1.29 is 5.21 Å². The molecule has 1 saturated heterocycles. The van der Waals surface area contributed by atoms with Crippen molar-refractivity contribution in [2.75, 3.05) is 18.0 Å². The molecule has 2 fully saturated rings. The maximum Gasteiger partial charge on any atom is 0.225 e. The summed E-state index contributed by atoms with van der Waals surface area (Å²) in [7, 11) is 0. The number of nitrogens with zero attached hydrogens (tertiary/aromatic N) is 4. The Labute approximate surface area is 106 Å². The summed E-state index contributed by atoms with van der Waals surface area (Å²) in [6.45, 7) is 2.06. The van der Waals surface area contributed by atoms with Crippen LogP contribution in [0.5, 0.6) is 0 Å². The van der Waals surface area contributed by atoms with Crippen LogP contribution in [0.1, 0.15) is 25.0 Å². The fraction of sp³-hybridized carbons (Fsp3) is 0.583. The fourth-order valence-corrected chi connectivity index (χ4v) is 3.09. The van der Waals surface area contributed by atoms with Crippen molar-refractivity contribution >= 4 is 11.8 Å². The van der Waals surface area contributed by atoms with Crippen LogP contribution in [-0.4, -0.2) is 34.1 Å². The van der Waals surface area contributed by atoms with Gasteiger partial charge in [-0.05, 0) is 30.7 Å². The lowest BCUT2D eigenvalue weighted by atomic mass is 10.0. The molecule has 2 atom stereocenters. The topological polar surface area (TPSA) is 87.6 Å². The van der Waals surface area contributed by atoms with Crippen molar-refractivity contribution in [2.45, 2.75) is 19.3 Å². The molecular weight excluding hydrogens is 230 g/mol. The normalized spacial score (nSPS) is 27.6. The molecule has 3 rings (SSSR count). The highest BCUT2D eigenvalue weighted by Crippen LogP contribution is 2.38. The standard InChI is InChI=1S/C12H17N5O/c13-11(16-18)10-4-5-14-12(15-10)17-6-8-2-1-3-9(8)7-17/h4-5,8-9,18H,1-3,6-7H2,(H2,13,16). The molecule has 2 heterocycles. The molecule has 6 heteroatoms. The van der Waals surface area contributed by atoms with Crippen molar-refractivity contribution in [3.8, 4) is 0 Å². The van der Waals surface area contributed by atoms with E-state index in [1.807, 2.05) is 0 Å². The number of oxime groups is 1. The SMILES string of the molecule is N/C(=N/O)c1ccnc(N2CC3CCCC3C2)n1. The zero-order valence-corrected chi connectivity index (χ0v) is 10.2. The molecular formula is C12H17N5O. The van der Waals surface area contributed by atoms with Crippen LogP contribution in [-0.2, 0) is 0 Å². The summed E-state index contributed by atoms with van der Waals surface area (Å²) >= 11 is 0. The largest absolute Gasteiger partial charge is 0.409 e. The first-order valence-corrected chi connectivity index (χ1v) is 6.34. The molecule has 6 nitrogen and oxygen atoms in total. The highest BCUT2D eigenvalue weighted by Gasteiger charge is 2.37. The maximum atomic E-state index is 8.66. The van der Waals surface area contributed by atoms with Crippen molar-refractivity contribution in [1.82, 2.24) is 9.97 Å². The van der Waals surface area contributed by atoms with E-state index in [0.29, 0.717) is 11.6 Å². The third kappa shape index (κ3) is 1.87. The highest BCUT2D eigenvalue weighted by molar-refractivity contribution is 5.95. The fourth-order valence-electron chi connectivity index (χ4n) is 3.09. The van der Waals surface area contributed by atoms with Gasteiger partial charge in [-0.25, -0.2) is 9.97 Å². The molecule has 3 N–H and O–H groups in total. The van der Waals surface area contributed by atoms with Gasteiger partial charge in [-0.15, -0.1) is 0 Å². The van der Waals surface area contributed by atoms with Gasteiger partial charge in [0.15, 0.2) is 5.84 Å². The van der Waals surface area contributed by atoms with E-state index in [0.717, 1.165) is 24.9 Å². The van der Waals surface area contributed by atoms with E-state index in [1.54, 1.807) is 12.3 Å². The van der Waals surface area contributed by atoms with Crippen LogP contribution in [0.15, 0.2) is 17.4 Å². The minimum atomic E-state index is 0.0260. The van der Waals surface area contributed by atoms with Gasteiger partial charge < -0.3 is 15.8 Å². The lowest BCUT2D eigenvalue weighted by Gasteiger charge is -2.17. The number of rotatable bonds is 2. The Balaban J connectivity index is 1.81. The summed E-state index contributed by atoms with van der Waals surface area (Å²) < 4.78 is 0. The van der Waals surface area contributed by atoms with Crippen molar-refractivity contribution in [2.24, 2.45) is 22.7 Å². The summed E-state index contributed by atoms with van der Waals surface area (Å²) in [6.07, 6.45) is 5.65. The third-order valence-electron chi connectivity index (χ3n) is 4.02. The second kappa shape index (κ2) is 4.44. The molecule has 1 aliphatic heterocycles. The van der Waals surface area contributed by atoms with Crippen molar-refractivity contribution in [1.29, 1.82) is 0 Å². The minimum Gasteiger partial charge on any atom is -0.409 e. The quantitative estimate of drug-likeness (QED) is 0.349. The van der Waals surface area contributed by atoms with E-state index in [9.17, 15) is 0 Å². The number of amidine groups is 1. The Bertz CT molecular complexity index is 463. The highest BCUT2D eigenvalue weighted by atomic mass is 16.4. The first-order chi connectivity index (χ1) is 8.78. The van der Waals surface area contributed by atoms with Gasteiger partial charge in [0.05, 0.1) is 0 Å².